The van der Waals surface area contributed by atoms with Crippen molar-refractivity contribution in [3.8, 4) is 0 Å². The number of aliphatic hydroxyl groups is 2. The number of ether oxygens (including phenoxy) is 3. The maximum Gasteiger partial charge on any atom is 0.0701 e. The lowest BCUT2D eigenvalue weighted by atomic mass is 10.0. The largest absolute Gasteiger partial charge is 0.394 e. The van der Waals surface area contributed by atoms with Gasteiger partial charge in [-0.25, -0.2) is 0 Å². The molecule has 0 aromatic carbocycles. The fraction of sp³-hybridized carbons (Fsp3) is 1.00. The van der Waals surface area contributed by atoms with Crippen LogP contribution in [0.15, 0.2) is 0 Å². The first-order valence-corrected chi connectivity index (χ1v) is 16.2. The third-order valence-electron chi connectivity index (χ3n) is 6.75. The zero-order valence-corrected chi connectivity index (χ0v) is 25.7. The van der Waals surface area contributed by atoms with Gasteiger partial charge >= 0.3 is 0 Å². The molecular weight excluding hydrogens is 464 g/mol. The highest BCUT2D eigenvalue weighted by atomic mass is 16.5. The van der Waals surface area contributed by atoms with Gasteiger partial charge in [-0.1, -0.05) is 130 Å². The van der Waals surface area contributed by atoms with Crippen LogP contribution >= 0.6 is 0 Å². The van der Waals surface area contributed by atoms with E-state index >= 15 is 0 Å². The van der Waals surface area contributed by atoms with Gasteiger partial charge in [-0.3, -0.25) is 0 Å². The molecule has 226 valence electrons. The summed E-state index contributed by atoms with van der Waals surface area (Å²) in [6.07, 6.45) is 28.2. The summed E-state index contributed by atoms with van der Waals surface area (Å²) in [5.41, 5.74) is 0. The summed E-state index contributed by atoms with van der Waals surface area (Å²) < 4.78 is 16.5. The molecular formula is C32H68O5. The quantitative estimate of drug-likeness (QED) is 0.0944. The number of aliphatic hydroxyl groups excluding tert-OH is 2. The number of hydrogen-bond donors (Lipinski definition) is 2. The average Bonchev–Trinajstić information content (AvgIpc) is 2.90. The summed E-state index contributed by atoms with van der Waals surface area (Å²) in [4.78, 5) is 0. The van der Waals surface area contributed by atoms with Crippen molar-refractivity contribution in [2.75, 3.05) is 39.6 Å². The highest BCUT2D eigenvalue weighted by molar-refractivity contribution is 4.66. The van der Waals surface area contributed by atoms with Crippen molar-refractivity contribution in [3.05, 3.63) is 0 Å². The maximum atomic E-state index is 8.26. The molecule has 2 N–H and O–H groups in total. The van der Waals surface area contributed by atoms with Gasteiger partial charge in [0.25, 0.3) is 0 Å². The molecule has 0 saturated carbocycles. The first-order chi connectivity index (χ1) is 18.2. The zero-order chi connectivity index (χ0) is 27.7. The van der Waals surface area contributed by atoms with Gasteiger partial charge in [-0.05, 0) is 25.7 Å². The van der Waals surface area contributed by atoms with Crippen LogP contribution in [0.5, 0.6) is 0 Å². The van der Waals surface area contributed by atoms with Crippen LogP contribution in [0.1, 0.15) is 156 Å². The minimum atomic E-state index is 0.0417. The number of unbranched alkanes of at least 4 members (excludes halogenated alkanes) is 12. The molecule has 0 aromatic heterocycles. The van der Waals surface area contributed by atoms with E-state index in [9.17, 15) is 0 Å². The lowest BCUT2D eigenvalue weighted by Gasteiger charge is -2.26. The Labute approximate surface area is 232 Å². The van der Waals surface area contributed by atoms with Crippen molar-refractivity contribution in [1.82, 2.24) is 0 Å². The van der Waals surface area contributed by atoms with Crippen LogP contribution in [0.2, 0.25) is 0 Å². The van der Waals surface area contributed by atoms with E-state index in [2.05, 4.69) is 27.7 Å². The smallest absolute Gasteiger partial charge is 0.0701 e. The molecule has 37 heavy (non-hydrogen) atoms. The van der Waals surface area contributed by atoms with Gasteiger partial charge in [0.05, 0.1) is 51.8 Å². The lowest BCUT2D eigenvalue weighted by Crippen LogP contribution is -2.23. The highest BCUT2D eigenvalue weighted by Gasteiger charge is 2.16. The Bertz CT molecular complexity index is 346. The number of rotatable bonds is 29. The molecule has 0 saturated heterocycles. The molecule has 0 bridgehead atoms. The van der Waals surface area contributed by atoms with Gasteiger partial charge in [0.15, 0.2) is 0 Å². The molecule has 0 aliphatic carbocycles. The van der Waals surface area contributed by atoms with Gasteiger partial charge in [0, 0.05) is 0 Å². The van der Waals surface area contributed by atoms with E-state index < -0.39 is 0 Å². The highest BCUT2D eigenvalue weighted by Crippen LogP contribution is 2.22. The molecule has 2 unspecified atom stereocenters. The Kier molecular flexibility index (Phi) is 37.7. The van der Waals surface area contributed by atoms with Crippen LogP contribution in [-0.2, 0) is 14.2 Å². The van der Waals surface area contributed by atoms with Crippen LogP contribution in [0.3, 0.4) is 0 Å². The van der Waals surface area contributed by atoms with Crippen molar-refractivity contribution >= 4 is 0 Å². The van der Waals surface area contributed by atoms with E-state index in [1.165, 1.54) is 128 Å². The summed E-state index contributed by atoms with van der Waals surface area (Å²) in [6.45, 7) is 11.0. The molecule has 0 fully saturated rings. The van der Waals surface area contributed by atoms with E-state index in [-0.39, 0.29) is 13.2 Å². The molecule has 2 atom stereocenters. The fourth-order valence-corrected chi connectivity index (χ4v) is 4.48. The Balaban J connectivity index is 0. The van der Waals surface area contributed by atoms with Gasteiger partial charge in [-0.2, -0.15) is 0 Å². The van der Waals surface area contributed by atoms with Crippen LogP contribution < -0.4 is 0 Å². The predicted molar refractivity (Wildman–Crippen MR) is 160 cm³/mol. The zero-order valence-electron chi connectivity index (χ0n) is 25.7. The molecule has 0 aromatic rings. The minimum absolute atomic E-state index is 0.0417. The average molecular weight is 533 g/mol. The number of hydrogen-bond acceptors (Lipinski definition) is 5. The summed E-state index contributed by atoms with van der Waals surface area (Å²) in [5, 5.41) is 16.5. The van der Waals surface area contributed by atoms with E-state index in [1.54, 1.807) is 0 Å². The first kappa shape index (κ1) is 38.9. The van der Waals surface area contributed by atoms with Gasteiger partial charge in [0.1, 0.15) is 0 Å². The van der Waals surface area contributed by atoms with Crippen LogP contribution in [0.25, 0.3) is 0 Å². The maximum absolute atomic E-state index is 8.26. The van der Waals surface area contributed by atoms with Gasteiger partial charge < -0.3 is 24.4 Å². The van der Waals surface area contributed by atoms with Crippen LogP contribution in [0, 0.1) is 0 Å². The van der Waals surface area contributed by atoms with E-state index in [0.29, 0.717) is 38.6 Å². The van der Waals surface area contributed by atoms with Crippen molar-refractivity contribution < 1.29 is 24.4 Å². The van der Waals surface area contributed by atoms with Gasteiger partial charge in [-0.15, -0.1) is 0 Å². The van der Waals surface area contributed by atoms with Crippen LogP contribution in [0.4, 0.5) is 0 Å². The normalized spacial score (nSPS) is 12.8. The topological polar surface area (TPSA) is 68.2 Å². The second-order valence-electron chi connectivity index (χ2n) is 10.4. The second-order valence-corrected chi connectivity index (χ2v) is 10.4. The fourth-order valence-electron chi connectivity index (χ4n) is 4.48. The molecule has 5 heteroatoms. The standard InChI is InChI=1S/C26H54O.C6H14O4/c1-5-9-13-15-19-23-25(21-17-11-7-3)27-26(22-18-12-8-4)24-20-16-14-10-6-2;7-1-3-9-5-6-10-4-2-8/h25-26H,5-24H2,1-4H3;7-8H,1-6H2. The van der Waals surface area contributed by atoms with Crippen molar-refractivity contribution in [3.63, 3.8) is 0 Å². The molecule has 0 rings (SSSR count). The molecule has 0 spiro atoms. The Morgan fingerprint density at radius 3 is 1.03 bits per heavy atom. The molecule has 5 nitrogen and oxygen atoms in total. The monoisotopic (exact) mass is 533 g/mol. The van der Waals surface area contributed by atoms with Crippen molar-refractivity contribution in [2.24, 2.45) is 0 Å². The van der Waals surface area contributed by atoms with E-state index in [1.807, 2.05) is 0 Å². The predicted octanol–water partition coefficient (Wildman–Crippen LogP) is 8.63. The second kappa shape index (κ2) is 35.8. The van der Waals surface area contributed by atoms with Crippen molar-refractivity contribution in [2.45, 2.75) is 168 Å². The Morgan fingerprint density at radius 1 is 0.405 bits per heavy atom. The molecule has 0 aliphatic rings. The van der Waals surface area contributed by atoms with Crippen LogP contribution in [-0.4, -0.2) is 62.1 Å². The van der Waals surface area contributed by atoms with Crippen molar-refractivity contribution in [1.29, 1.82) is 0 Å². The van der Waals surface area contributed by atoms with Gasteiger partial charge in [0.2, 0.25) is 0 Å². The summed E-state index contributed by atoms with van der Waals surface area (Å²) in [7, 11) is 0. The molecule has 0 aliphatic heterocycles. The lowest BCUT2D eigenvalue weighted by molar-refractivity contribution is -0.0323. The molecule has 0 heterocycles. The summed E-state index contributed by atoms with van der Waals surface area (Å²) in [5.74, 6) is 0. The third-order valence-corrected chi connectivity index (χ3v) is 6.75. The first-order valence-electron chi connectivity index (χ1n) is 16.2. The Morgan fingerprint density at radius 2 is 0.703 bits per heavy atom. The van der Waals surface area contributed by atoms with E-state index in [0.717, 1.165) is 0 Å². The van der Waals surface area contributed by atoms with E-state index in [4.69, 9.17) is 24.4 Å². The molecule has 0 radical (unpaired) electrons. The Hall–Kier alpha value is -0.200. The molecule has 0 amide bonds. The SMILES string of the molecule is CCCCCCCC(CCCCC)OC(CCCCC)CCCCCCC.OCCOCCOCCO. The summed E-state index contributed by atoms with van der Waals surface area (Å²) in [6, 6.07) is 0. The minimum Gasteiger partial charge on any atom is -0.394 e. The summed E-state index contributed by atoms with van der Waals surface area (Å²) >= 11 is 0. The third kappa shape index (κ3) is 33.8.